The highest BCUT2D eigenvalue weighted by atomic mass is 19.4. The van der Waals surface area contributed by atoms with Crippen molar-refractivity contribution in [3.63, 3.8) is 0 Å². The van der Waals surface area contributed by atoms with Crippen LogP contribution < -0.4 is 4.74 Å². The number of nitrogens with zero attached hydrogens (tertiary/aromatic N) is 3. The van der Waals surface area contributed by atoms with E-state index in [0.29, 0.717) is 23.6 Å². The van der Waals surface area contributed by atoms with Gasteiger partial charge in [-0.25, -0.2) is 0 Å². The lowest BCUT2D eigenvalue weighted by Gasteiger charge is -2.16. The Morgan fingerprint density at radius 3 is 2.54 bits per heavy atom. The van der Waals surface area contributed by atoms with E-state index < -0.39 is 11.7 Å². The summed E-state index contributed by atoms with van der Waals surface area (Å²) in [5.41, 5.74) is 0.964. The van der Waals surface area contributed by atoms with Gasteiger partial charge in [0.2, 0.25) is 0 Å². The van der Waals surface area contributed by atoms with Crippen molar-refractivity contribution in [3.05, 3.63) is 60.0 Å². The normalized spacial score (nSPS) is 11.8. The lowest BCUT2D eigenvalue weighted by atomic mass is 10.0. The zero-order valence-electron chi connectivity index (χ0n) is 15.6. The van der Waals surface area contributed by atoms with Gasteiger partial charge in [0, 0.05) is 30.1 Å². The highest BCUT2D eigenvalue weighted by Crippen LogP contribution is 2.37. The van der Waals surface area contributed by atoms with E-state index in [0.717, 1.165) is 30.7 Å². The number of aromatic amines is 1. The van der Waals surface area contributed by atoms with Gasteiger partial charge in [0.05, 0.1) is 17.5 Å². The third-order valence-corrected chi connectivity index (χ3v) is 4.17. The molecule has 0 bridgehead atoms. The van der Waals surface area contributed by atoms with Crippen molar-refractivity contribution in [3.8, 4) is 22.8 Å². The molecule has 0 amide bonds. The lowest BCUT2D eigenvalue weighted by molar-refractivity contribution is -0.137. The summed E-state index contributed by atoms with van der Waals surface area (Å²) in [6.07, 6.45) is 1.16. The van der Waals surface area contributed by atoms with Gasteiger partial charge in [0.15, 0.2) is 0 Å². The van der Waals surface area contributed by atoms with Crippen molar-refractivity contribution in [1.82, 2.24) is 20.1 Å². The van der Waals surface area contributed by atoms with Gasteiger partial charge in [-0.1, -0.05) is 6.92 Å². The number of rotatable bonds is 7. The quantitative estimate of drug-likeness (QED) is 0.608. The first-order valence-corrected chi connectivity index (χ1v) is 8.88. The molecular weight excluding hydrogens is 369 g/mol. The fourth-order valence-corrected chi connectivity index (χ4v) is 2.94. The Morgan fingerprint density at radius 1 is 1.11 bits per heavy atom. The summed E-state index contributed by atoms with van der Waals surface area (Å²) in [6, 6.07) is 6.84. The number of hydrogen-bond acceptors (Lipinski definition) is 4. The van der Waals surface area contributed by atoms with Crippen LogP contribution in [0.2, 0.25) is 0 Å². The Hall–Kier alpha value is -2.87. The maximum absolute atomic E-state index is 13.4. The Labute approximate surface area is 161 Å². The highest BCUT2D eigenvalue weighted by Gasteiger charge is 2.32. The molecule has 0 aliphatic carbocycles. The van der Waals surface area contributed by atoms with Gasteiger partial charge in [-0.05, 0) is 50.3 Å². The molecule has 0 radical (unpaired) electrons. The average molecular weight is 390 g/mol. The third kappa shape index (κ3) is 4.89. The molecular formula is C20H21F3N4O. The van der Waals surface area contributed by atoms with Gasteiger partial charge in [0.1, 0.15) is 11.5 Å². The largest absolute Gasteiger partial charge is 0.457 e. The van der Waals surface area contributed by atoms with Crippen LogP contribution in [0.5, 0.6) is 11.5 Å². The number of H-pyrrole nitrogens is 1. The summed E-state index contributed by atoms with van der Waals surface area (Å²) in [5, 5.41) is 6.86. The van der Waals surface area contributed by atoms with E-state index in [-0.39, 0.29) is 5.75 Å². The van der Waals surface area contributed by atoms with Gasteiger partial charge in [-0.3, -0.25) is 10.1 Å². The molecule has 0 unspecified atom stereocenters. The van der Waals surface area contributed by atoms with Crippen LogP contribution in [0.15, 0.2) is 48.9 Å². The van der Waals surface area contributed by atoms with Crippen LogP contribution in [0.3, 0.4) is 0 Å². The van der Waals surface area contributed by atoms with Crippen LogP contribution >= 0.6 is 0 Å². The molecule has 2 aromatic heterocycles. The Morgan fingerprint density at radius 2 is 1.86 bits per heavy atom. The molecule has 0 spiro atoms. The van der Waals surface area contributed by atoms with Crippen molar-refractivity contribution in [1.29, 1.82) is 0 Å². The minimum atomic E-state index is -4.49. The van der Waals surface area contributed by atoms with Crippen molar-refractivity contribution < 1.29 is 17.9 Å². The van der Waals surface area contributed by atoms with E-state index in [1.54, 1.807) is 24.4 Å². The first-order valence-electron chi connectivity index (χ1n) is 8.88. The summed E-state index contributed by atoms with van der Waals surface area (Å²) >= 11 is 0. The van der Waals surface area contributed by atoms with E-state index in [9.17, 15) is 13.2 Å². The second-order valence-corrected chi connectivity index (χ2v) is 6.54. The average Bonchev–Trinajstić information content (AvgIpc) is 3.10. The predicted molar refractivity (Wildman–Crippen MR) is 100.0 cm³/mol. The number of alkyl halides is 3. The molecule has 0 aliphatic heterocycles. The maximum atomic E-state index is 13.4. The Balaban J connectivity index is 1.99. The lowest BCUT2D eigenvalue weighted by Crippen LogP contribution is -2.18. The standard InChI is InChI=1S/C20H21F3N4O/c1-3-8-27(2)13-15-12-25-26-19(15)14-9-16(20(21,22)23)11-18(10-14)28-17-4-6-24-7-5-17/h4-7,9-12H,3,8,13H2,1-2H3,(H,25,26). The second-order valence-electron chi connectivity index (χ2n) is 6.54. The van der Waals surface area contributed by atoms with Crippen LogP contribution in [-0.2, 0) is 12.7 Å². The van der Waals surface area contributed by atoms with Crippen LogP contribution in [0, 0.1) is 0 Å². The van der Waals surface area contributed by atoms with Crippen LogP contribution in [0.25, 0.3) is 11.3 Å². The number of benzene rings is 1. The van der Waals surface area contributed by atoms with Crippen molar-refractivity contribution >= 4 is 0 Å². The number of aromatic nitrogens is 3. The van der Waals surface area contributed by atoms with E-state index in [1.165, 1.54) is 12.4 Å². The maximum Gasteiger partial charge on any atom is 0.416 e. The third-order valence-electron chi connectivity index (χ3n) is 4.17. The number of hydrogen-bond donors (Lipinski definition) is 1. The summed E-state index contributed by atoms with van der Waals surface area (Å²) in [6.45, 7) is 3.53. The summed E-state index contributed by atoms with van der Waals surface area (Å²) in [4.78, 5) is 5.97. The van der Waals surface area contributed by atoms with Gasteiger partial charge in [0.25, 0.3) is 0 Å². The van der Waals surface area contributed by atoms with E-state index in [4.69, 9.17) is 4.74 Å². The Bertz CT molecular complexity index is 909. The summed E-state index contributed by atoms with van der Waals surface area (Å²) in [5.74, 6) is 0.506. The first kappa shape index (κ1) is 19.9. The molecule has 28 heavy (non-hydrogen) atoms. The molecule has 5 nitrogen and oxygen atoms in total. The molecule has 148 valence electrons. The van der Waals surface area contributed by atoms with Crippen molar-refractivity contribution in [2.45, 2.75) is 26.1 Å². The first-order chi connectivity index (χ1) is 13.4. The van der Waals surface area contributed by atoms with Crippen LogP contribution in [0.1, 0.15) is 24.5 Å². The molecule has 1 N–H and O–H groups in total. The molecule has 2 heterocycles. The van der Waals surface area contributed by atoms with E-state index in [1.807, 2.05) is 7.05 Å². The molecule has 0 fully saturated rings. The minimum Gasteiger partial charge on any atom is -0.457 e. The zero-order valence-corrected chi connectivity index (χ0v) is 15.6. The molecule has 8 heteroatoms. The highest BCUT2D eigenvalue weighted by molar-refractivity contribution is 5.66. The molecule has 1 aromatic carbocycles. The van der Waals surface area contributed by atoms with E-state index >= 15 is 0 Å². The molecule has 0 atom stereocenters. The second kappa shape index (κ2) is 8.43. The smallest absolute Gasteiger partial charge is 0.416 e. The van der Waals surface area contributed by atoms with Crippen LogP contribution in [0.4, 0.5) is 13.2 Å². The summed E-state index contributed by atoms with van der Waals surface area (Å²) < 4.78 is 45.9. The SMILES string of the molecule is CCCN(C)Cc1cn[nH]c1-c1cc(Oc2ccncc2)cc(C(F)(F)F)c1. The van der Waals surface area contributed by atoms with Gasteiger partial charge < -0.3 is 9.64 Å². The molecule has 3 rings (SSSR count). The number of ether oxygens (including phenoxy) is 1. The number of nitrogens with one attached hydrogen (secondary N) is 1. The van der Waals surface area contributed by atoms with Gasteiger partial charge >= 0.3 is 6.18 Å². The fraction of sp³-hybridized carbons (Fsp3) is 0.300. The van der Waals surface area contributed by atoms with Crippen LogP contribution in [-0.4, -0.2) is 33.7 Å². The molecule has 0 aliphatic rings. The predicted octanol–water partition coefficient (Wildman–Crippen LogP) is 5.12. The fourth-order valence-electron chi connectivity index (χ4n) is 2.94. The minimum absolute atomic E-state index is 0.0958. The monoisotopic (exact) mass is 390 g/mol. The van der Waals surface area contributed by atoms with Gasteiger partial charge in [-0.15, -0.1) is 0 Å². The Kier molecular flexibility index (Phi) is 5.99. The summed E-state index contributed by atoms with van der Waals surface area (Å²) in [7, 11) is 1.96. The zero-order chi connectivity index (χ0) is 20.1. The molecule has 3 aromatic rings. The molecule has 0 saturated heterocycles. The van der Waals surface area contributed by atoms with Gasteiger partial charge in [-0.2, -0.15) is 18.3 Å². The van der Waals surface area contributed by atoms with E-state index in [2.05, 4.69) is 27.0 Å². The number of halogens is 3. The van der Waals surface area contributed by atoms with Crippen molar-refractivity contribution in [2.75, 3.05) is 13.6 Å². The topological polar surface area (TPSA) is 54.0 Å². The molecule has 0 saturated carbocycles. The number of pyridine rings is 1. The van der Waals surface area contributed by atoms with Crippen molar-refractivity contribution in [2.24, 2.45) is 0 Å².